The van der Waals surface area contributed by atoms with Gasteiger partial charge in [0.1, 0.15) is 5.82 Å². The molecule has 1 N–H and O–H groups in total. The fourth-order valence-electron chi connectivity index (χ4n) is 2.59. The molecule has 17 heavy (non-hydrogen) atoms. The summed E-state index contributed by atoms with van der Waals surface area (Å²) in [7, 11) is 0. The molecule has 2 unspecified atom stereocenters. The normalized spacial score (nSPS) is 24.2. The van der Waals surface area contributed by atoms with Gasteiger partial charge in [-0.25, -0.2) is 4.39 Å². The van der Waals surface area contributed by atoms with Gasteiger partial charge in [-0.05, 0) is 48.9 Å². The molecule has 0 spiro atoms. The van der Waals surface area contributed by atoms with E-state index in [2.05, 4.69) is 28.2 Å². The van der Waals surface area contributed by atoms with E-state index in [1.165, 1.54) is 31.4 Å². The van der Waals surface area contributed by atoms with Gasteiger partial charge >= 0.3 is 0 Å². The standard InChI is InChI=1S/C14H19BrFN/c1-10-2-3-11(6-10)8-17-9-12-4-5-13(16)7-14(12)15/h4-5,7,10-11,17H,2-3,6,8-9H2,1H3. The average Bonchev–Trinajstić information content (AvgIpc) is 2.68. The Morgan fingerprint density at radius 1 is 1.41 bits per heavy atom. The summed E-state index contributed by atoms with van der Waals surface area (Å²) in [5.74, 6) is 1.52. The van der Waals surface area contributed by atoms with Gasteiger partial charge in [0.15, 0.2) is 0 Å². The Hall–Kier alpha value is -0.410. The molecule has 1 aromatic rings. The first-order chi connectivity index (χ1) is 8.15. The lowest BCUT2D eigenvalue weighted by Crippen LogP contribution is -2.21. The van der Waals surface area contributed by atoms with Crippen LogP contribution in [0.3, 0.4) is 0 Å². The maximum Gasteiger partial charge on any atom is 0.124 e. The van der Waals surface area contributed by atoms with E-state index < -0.39 is 0 Å². The number of halogens is 2. The van der Waals surface area contributed by atoms with Crippen molar-refractivity contribution in [2.75, 3.05) is 6.54 Å². The minimum absolute atomic E-state index is 0.190. The molecule has 0 heterocycles. The van der Waals surface area contributed by atoms with Crippen LogP contribution in [0.2, 0.25) is 0 Å². The second-order valence-electron chi connectivity index (χ2n) is 5.15. The molecule has 0 bridgehead atoms. The maximum absolute atomic E-state index is 12.9. The highest BCUT2D eigenvalue weighted by molar-refractivity contribution is 9.10. The molecule has 1 fully saturated rings. The summed E-state index contributed by atoms with van der Waals surface area (Å²) in [4.78, 5) is 0. The van der Waals surface area contributed by atoms with Crippen molar-refractivity contribution in [3.05, 3.63) is 34.1 Å². The van der Waals surface area contributed by atoms with E-state index in [-0.39, 0.29) is 5.82 Å². The zero-order valence-corrected chi connectivity index (χ0v) is 11.8. The van der Waals surface area contributed by atoms with Crippen molar-refractivity contribution in [3.8, 4) is 0 Å². The van der Waals surface area contributed by atoms with E-state index in [9.17, 15) is 4.39 Å². The molecular weight excluding hydrogens is 281 g/mol. The van der Waals surface area contributed by atoms with Crippen LogP contribution in [0.15, 0.2) is 22.7 Å². The SMILES string of the molecule is CC1CCC(CNCc2ccc(F)cc2Br)C1. The fourth-order valence-corrected chi connectivity index (χ4v) is 3.08. The van der Waals surface area contributed by atoms with Crippen LogP contribution in [0.25, 0.3) is 0 Å². The van der Waals surface area contributed by atoms with Gasteiger partial charge in [0, 0.05) is 11.0 Å². The summed E-state index contributed by atoms with van der Waals surface area (Å²) < 4.78 is 13.8. The monoisotopic (exact) mass is 299 g/mol. The zero-order valence-electron chi connectivity index (χ0n) is 10.2. The average molecular weight is 300 g/mol. The lowest BCUT2D eigenvalue weighted by atomic mass is 10.1. The largest absolute Gasteiger partial charge is 0.312 e. The van der Waals surface area contributed by atoms with Crippen LogP contribution in [0, 0.1) is 17.7 Å². The van der Waals surface area contributed by atoms with Crippen LogP contribution >= 0.6 is 15.9 Å². The van der Waals surface area contributed by atoms with E-state index in [0.717, 1.165) is 35.0 Å². The van der Waals surface area contributed by atoms with Gasteiger partial charge in [-0.2, -0.15) is 0 Å². The van der Waals surface area contributed by atoms with Gasteiger partial charge < -0.3 is 5.32 Å². The maximum atomic E-state index is 12.9. The van der Waals surface area contributed by atoms with E-state index >= 15 is 0 Å². The number of benzene rings is 1. The second-order valence-corrected chi connectivity index (χ2v) is 6.01. The van der Waals surface area contributed by atoms with Crippen LogP contribution in [0.1, 0.15) is 31.7 Å². The van der Waals surface area contributed by atoms with Crippen molar-refractivity contribution in [2.24, 2.45) is 11.8 Å². The third-order valence-electron chi connectivity index (χ3n) is 3.57. The van der Waals surface area contributed by atoms with E-state index in [1.807, 2.05) is 6.07 Å². The van der Waals surface area contributed by atoms with Crippen LogP contribution in [-0.4, -0.2) is 6.54 Å². The summed E-state index contributed by atoms with van der Waals surface area (Å²) in [6.07, 6.45) is 4.06. The summed E-state index contributed by atoms with van der Waals surface area (Å²) in [5.41, 5.74) is 1.12. The minimum Gasteiger partial charge on any atom is -0.312 e. The number of hydrogen-bond donors (Lipinski definition) is 1. The Morgan fingerprint density at radius 2 is 2.24 bits per heavy atom. The van der Waals surface area contributed by atoms with Gasteiger partial charge in [0.25, 0.3) is 0 Å². The highest BCUT2D eigenvalue weighted by Gasteiger charge is 2.20. The molecule has 2 atom stereocenters. The first-order valence-corrected chi connectivity index (χ1v) is 7.09. The van der Waals surface area contributed by atoms with Gasteiger partial charge in [-0.15, -0.1) is 0 Å². The summed E-state index contributed by atoms with van der Waals surface area (Å²) in [5, 5.41) is 3.47. The van der Waals surface area contributed by atoms with Crippen LogP contribution < -0.4 is 5.32 Å². The molecule has 0 saturated heterocycles. The lowest BCUT2D eigenvalue weighted by molar-refractivity contribution is 0.470. The second kappa shape index (κ2) is 5.96. The smallest absolute Gasteiger partial charge is 0.124 e. The predicted octanol–water partition coefficient (Wildman–Crippen LogP) is 4.11. The summed E-state index contributed by atoms with van der Waals surface area (Å²) in [6, 6.07) is 4.87. The molecule has 0 aliphatic heterocycles. The molecule has 0 aromatic heterocycles. The Labute approximate surface area is 111 Å². The molecule has 0 radical (unpaired) electrons. The summed E-state index contributed by atoms with van der Waals surface area (Å²) >= 11 is 3.39. The lowest BCUT2D eigenvalue weighted by Gasteiger charge is -2.12. The molecule has 1 aliphatic carbocycles. The number of rotatable bonds is 4. The molecule has 1 saturated carbocycles. The number of nitrogens with one attached hydrogen (secondary N) is 1. The van der Waals surface area contributed by atoms with Gasteiger partial charge in [0.05, 0.1) is 0 Å². The van der Waals surface area contributed by atoms with Crippen LogP contribution in [0.4, 0.5) is 4.39 Å². The van der Waals surface area contributed by atoms with Crippen molar-refractivity contribution >= 4 is 15.9 Å². The Kier molecular flexibility index (Phi) is 4.57. The fraction of sp³-hybridized carbons (Fsp3) is 0.571. The van der Waals surface area contributed by atoms with Gasteiger partial charge in [-0.3, -0.25) is 0 Å². The number of hydrogen-bond acceptors (Lipinski definition) is 1. The van der Waals surface area contributed by atoms with E-state index in [4.69, 9.17) is 0 Å². The molecule has 1 nitrogen and oxygen atoms in total. The zero-order chi connectivity index (χ0) is 12.3. The van der Waals surface area contributed by atoms with Crippen LogP contribution in [0.5, 0.6) is 0 Å². The van der Waals surface area contributed by atoms with E-state index in [0.29, 0.717) is 0 Å². The Bertz CT molecular complexity index is 380. The van der Waals surface area contributed by atoms with Crippen LogP contribution in [-0.2, 0) is 6.54 Å². The van der Waals surface area contributed by atoms with Crippen molar-refractivity contribution in [1.29, 1.82) is 0 Å². The molecule has 94 valence electrons. The predicted molar refractivity (Wildman–Crippen MR) is 72.3 cm³/mol. The topological polar surface area (TPSA) is 12.0 Å². The highest BCUT2D eigenvalue weighted by atomic mass is 79.9. The summed E-state index contributed by atoms with van der Waals surface area (Å²) in [6.45, 7) is 4.22. The molecule has 2 rings (SSSR count). The molecule has 0 amide bonds. The third kappa shape index (κ3) is 3.78. The highest BCUT2D eigenvalue weighted by Crippen LogP contribution is 2.29. The van der Waals surface area contributed by atoms with Crippen molar-refractivity contribution < 1.29 is 4.39 Å². The van der Waals surface area contributed by atoms with E-state index in [1.54, 1.807) is 0 Å². The Balaban J connectivity index is 1.78. The molecule has 3 heteroatoms. The third-order valence-corrected chi connectivity index (χ3v) is 4.31. The van der Waals surface area contributed by atoms with Crippen molar-refractivity contribution in [1.82, 2.24) is 5.32 Å². The van der Waals surface area contributed by atoms with Crippen molar-refractivity contribution in [3.63, 3.8) is 0 Å². The Morgan fingerprint density at radius 3 is 2.88 bits per heavy atom. The van der Waals surface area contributed by atoms with Gasteiger partial charge in [-0.1, -0.05) is 35.3 Å². The molecular formula is C14H19BrFN. The first kappa shape index (κ1) is 13.0. The quantitative estimate of drug-likeness (QED) is 0.882. The molecule has 1 aliphatic rings. The minimum atomic E-state index is -0.190. The van der Waals surface area contributed by atoms with Gasteiger partial charge in [0.2, 0.25) is 0 Å². The molecule has 1 aromatic carbocycles. The van der Waals surface area contributed by atoms with Crippen molar-refractivity contribution in [2.45, 2.75) is 32.7 Å². The first-order valence-electron chi connectivity index (χ1n) is 6.30.